The number of carboxylic acid groups (broad SMARTS) is 1. The summed E-state index contributed by atoms with van der Waals surface area (Å²) < 4.78 is 9.88. The Balaban J connectivity index is 3.77. The topological polar surface area (TPSA) is 96.9 Å². The molecule has 7 nitrogen and oxygen atoms in total. The molecule has 0 aromatic carbocycles. The van der Waals surface area contributed by atoms with Crippen LogP contribution in [-0.2, 0) is 14.3 Å². The van der Waals surface area contributed by atoms with E-state index in [0.29, 0.717) is 26.2 Å². The molecule has 0 aliphatic carbocycles. The van der Waals surface area contributed by atoms with Gasteiger partial charge in [-0.2, -0.15) is 0 Å². The summed E-state index contributed by atoms with van der Waals surface area (Å²) in [7, 11) is 1.48. The highest BCUT2D eigenvalue weighted by Crippen LogP contribution is 1.93. The van der Waals surface area contributed by atoms with E-state index in [1.807, 2.05) is 6.92 Å². The Hall–Kier alpha value is -1.34. The SMILES string of the molecule is CCOCCCNC(=O)NC(CCOC)C(=O)O. The average molecular weight is 262 g/mol. The summed E-state index contributed by atoms with van der Waals surface area (Å²) in [5.41, 5.74) is 0. The molecule has 0 aliphatic heterocycles. The zero-order valence-corrected chi connectivity index (χ0v) is 10.9. The molecule has 0 saturated carbocycles. The summed E-state index contributed by atoms with van der Waals surface area (Å²) in [5.74, 6) is -1.07. The van der Waals surface area contributed by atoms with Gasteiger partial charge in [0.15, 0.2) is 0 Å². The van der Waals surface area contributed by atoms with Crippen LogP contribution in [0.3, 0.4) is 0 Å². The smallest absolute Gasteiger partial charge is 0.326 e. The van der Waals surface area contributed by atoms with Crippen LogP contribution >= 0.6 is 0 Å². The predicted molar refractivity (Wildman–Crippen MR) is 65.6 cm³/mol. The van der Waals surface area contributed by atoms with Gasteiger partial charge in [-0.1, -0.05) is 0 Å². The van der Waals surface area contributed by atoms with Crippen molar-refractivity contribution in [2.45, 2.75) is 25.8 Å². The number of methoxy groups -OCH3 is 1. The number of ether oxygens (including phenoxy) is 2. The number of aliphatic carboxylic acids is 1. The fourth-order valence-electron chi connectivity index (χ4n) is 1.22. The molecular weight excluding hydrogens is 240 g/mol. The van der Waals surface area contributed by atoms with Crippen LogP contribution in [0.1, 0.15) is 19.8 Å². The standard InChI is InChI=1S/C11H22N2O5/c1-3-18-7-4-6-12-11(16)13-9(10(14)15)5-8-17-2/h9H,3-8H2,1-2H3,(H,14,15)(H2,12,13,16). The normalized spacial score (nSPS) is 11.9. The quantitative estimate of drug-likeness (QED) is 0.489. The highest BCUT2D eigenvalue weighted by molar-refractivity contribution is 5.82. The zero-order chi connectivity index (χ0) is 13.8. The second-order valence-electron chi connectivity index (χ2n) is 3.62. The van der Waals surface area contributed by atoms with Gasteiger partial charge in [-0.05, 0) is 13.3 Å². The molecule has 18 heavy (non-hydrogen) atoms. The third-order valence-corrected chi connectivity index (χ3v) is 2.17. The van der Waals surface area contributed by atoms with E-state index in [4.69, 9.17) is 14.6 Å². The van der Waals surface area contributed by atoms with Gasteiger partial charge >= 0.3 is 12.0 Å². The Bertz CT molecular complexity index is 248. The molecule has 0 saturated heterocycles. The van der Waals surface area contributed by atoms with E-state index >= 15 is 0 Å². The number of carbonyl (C=O) groups is 2. The van der Waals surface area contributed by atoms with Gasteiger partial charge in [-0.15, -0.1) is 0 Å². The molecular formula is C11H22N2O5. The van der Waals surface area contributed by atoms with Crippen molar-refractivity contribution < 1.29 is 24.2 Å². The molecule has 0 aromatic heterocycles. The first-order chi connectivity index (χ1) is 8.61. The highest BCUT2D eigenvalue weighted by Gasteiger charge is 2.18. The van der Waals surface area contributed by atoms with Gasteiger partial charge in [-0.3, -0.25) is 0 Å². The lowest BCUT2D eigenvalue weighted by Crippen LogP contribution is -2.46. The fraction of sp³-hybridized carbons (Fsp3) is 0.818. The lowest BCUT2D eigenvalue weighted by molar-refractivity contribution is -0.139. The van der Waals surface area contributed by atoms with Crippen LogP contribution in [0.15, 0.2) is 0 Å². The molecule has 0 spiro atoms. The molecule has 0 bridgehead atoms. The molecule has 0 aromatic rings. The van der Waals surface area contributed by atoms with E-state index < -0.39 is 18.0 Å². The number of hydrogen-bond donors (Lipinski definition) is 3. The number of amides is 2. The maximum atomic E-state index is 11.4. The first-order valence-electron chi connectivity index (χ1n) is 5.95. The van der Waals surface area contributed by atoms with E-state index in [0.717, 1.165) is 0 Å². The number of nitrogens with one attached hydrogen (secondary N) is 2. The molecule has 0 heterocycles. The summed E-state index contributed by atoms with van der Waals surface area (Å²) in [6, 6.07) is -1.42. The zero-order valence-electron chi connectivity index (χ0n) is 10.9. The first-order valence-corrected chi connectivity index (χ1v) is 5.95. The second kappa shape index (κ2) is 10.8. The number of rotatable bonds is 10. The van der Waals surface area contributed by atoms with Gasteiger partial charge in [0.05, 0.1) is 0 Å². The van der Waals surface area contributed by atoms with Gasteiger partial charge in [0.1, 0.15) is 6.04 Å². The average Bonchev–Trinajstić information content (AvgIpc) is 2.33. The minimum atomic E-state index is -1.07. The molecule has 0 radical (unpaired) electrons. The molecule has 106 valence electrons. The third-order valence-electron chi connectivity index (χ3n) is 2.17. The van der Waals surface area contributed by atoms with Crippen molar-refractivity contribution in [1.29, 1.82) is 0 Å². The van der Waals surface area contributed by atoms with Crippen LogP contribution in [0.25, 0.3) is 0 Å². The van der Waals surface area contributed by atoms with Crippen molar-refractivity contribution in [3.05, 3.63) is 0 Å². The van der Waals surface area contributed by atoms with E-state index in [-0.39, 0.29) is 13.0 Å². The molecule has 7 heteroatoms. The van der Waals surface area contributed by atoms with E-state index in [1.165, 1.54) is 7.11 Å². The summed E-state index contributed by atoms with van der Waals surface area (Å²) in [6.07, 6.45) is 0.926. The molecule has 0 fully saturated rings. The van der Waals surface area contributed by atoms with Crippen LogP contribution in [-0.4, -0.2) is 56.6 Å². The number of carbonyl (C=O) groups excluding carboxylic acids is 1. The molecule has 1 unspecified atom stereocenters. The molecule has 3 N–H and O–H groups in total. The van der Waals surface area contributed by atoms with Crippen molar-refractivity contribution in [1.82, 2.24) is 10.6 Å². The molecule has 2 amide bonds. The minimum Gasteiger partial charge on any atom is -0.480 e. The number of carboxylic acids is 1. The van der Waals surface area contributed by atoms with Gasteiger partial charge in [0, 0.05) is 39.9 Å². The largest absolute Gasteiger partial charge is 0.480 e. The maximum absolute atomic E-state index is 11.4. The molecule has 1 atom stereocenters. The Kier molecular flexibility index (Phi) is 9.99. The van der Waals surface area contributed by atoms with Crippen LogP contribution in [0.4, 0.5) is 4.79 Å². The van der Waals surface area contributed by atoms with Crippen molar-refractivity contribution in [2.75, 3.05) is 33.5 Å². The van der Waals surface area contributed by atoms with E-state index in [1.54, 1.807) is 0 Å². The molecule has 0 aliphatic rings. The minimum absolute atomic E-state index is 0.234. The van der Waals surface area contributed by atoms with Gasteiger partial charge in [0.25, 0.3) is 0 Å². The number of urea groups is 1. The Morgan fingerprint density at radius 1 is 1.33 bits per heavy atom. The Morgan fingerprint density at radius 3 is 2.61 bits per heavy atom. The Morgan fingerprint density at radius 2 is 2.06 bits per heavy atom. The van der Waals surface area contributed by atoms with Gasteiger partial charge in [0.2, 0.25) is 0 Å². The van der Waals surface area contributed by atoms with Crippen molar-refractivity contribution in [3.8, 4) is 0 Å². The summed E-state index contributed by atoms with van der Waals surface area (Å²) in [6.45, 7) is 3.84. The van der Waals surface area contributed by atoms with Crippen LogP contribution in [0.2, 0.25) is 0 Å². The summed E-state index contributed by atoms with van der Waals surface area (Å²) >= 11 is 0. The maximum Gasteiger partial charge on any atom is 0.326 e. The van der Waals surface area contributed by atoms with Gasteiger partial charge in [-0.25, -0.2) is 9.59 Å². The van der Waals surface area contributed by atoms with Crippen LogP contribution < -0.4 is 10.6 Å². The van der Waals surface area contributed by atoms with Crippen LogP contribution in [0, 0.1) is 0 Å². The van der Waals surface area contributed by atoms with Crippen molar-refractivity contribution in [2.24, 2.45) is 0 Å². The molecule has 0 rings (SSSR count). The lowest BCUT2D eigenvalue weighted by atomic mass is 10.2. The van der Waals surface area contributed by atoms with E-state index in [9.17, 15) is 9.59 Å². The van der Waals surface area contributed by atoms with Crippen molar-refractivity contribution in [3.63, 3.8) is 0 Å². The summed E-state index contributed by atoms with van der Waals surface area (Å²) in [5, 5.41) is 13.8. The van der Waals surface area contributed by atoms with Gasteiger partial charge < -0.3 is 25.2 Å². The monoisotopic (exact) mass is 262 g/mol. The third kappa shape index (κ3) is 8.77. The number of hydrogen-bond acceptors (Lipinski definition) is 4. The van der Waals surface area contributed by atoms with Crippen molar-refractivity contribution >= 4 is 12.0 Å². The first kappa shape index (κ1) is 16.7. The predicted octanol–water partition coefficient (Wildman–Crippen LogP) is 0.202. The fourth-order valence-corrected chi connectivity index (χ4v) is 1.22. The Labute approximate surface area is 107 Å². The van der Waals surface area contributed by atoms with Crippen LogP contribution in [0.5, 0.6) is 0 Å². The second-order valence-corrected chi connectivity index (χ2v) is 3.62. The lowest BCUT2D eigenvalue weighted by Gasteiger charge is -2.14. The van der Waals surface area contributed by atoms with E-state index in [2.05, 4.69) is 10.6 Å². The summed E-state index contributed by atoms with van der Waals surface area (Å²) in [4.78, 5) is 22.2. The highest BCUT2D eigenvalue weighted by atomic mass is 16.5.